The maximum atomic E-state index is 10.3. The number of hydrogen-bond donors (Lipinski definition) is 4. The van der Waals surface area contributed by atoms with Crippen molar-refractivity contribution >= 4 is 12.6 Å². The van der Waals surface area contributed by atoms with Gasteiger partial charge in [-0.25, -0.2) is 0 Å². The summed E-state index contributed by atoms with van der Waals surface area (Å²) < 4.78 is 0. The molecule has 0 spiro atoms. The Kier molecular flexibility index (Phi) is 22.4. The molecule has 3 aromatic rings. The summed E-state index contributed by atoms with van der Waals surface area (Å²) in [5.41, 5.74) is 6.84. The summed E-state index contributed by atoms with van der Waals surface area (Å²) in [6.45, 7) is 11.9. The molecular formula is C34H51NO6. The van der Waals surface area contributed by atoms with Gasteiger partial charge in [0.2, 0.25) is 0 Å². The molecule has 7 nitrogen and oxygen atoms in total. The number of rotatable bonds is 9. The topological polar surface area (TPSA) is 128 Å². The standard InChI is InChI=1S/C10H15NO.C10H12O2.C9H12O.C4H8O2.CH4/c1-4-10-7(2)8(3)11-5-9(10)6-12;1-8(7-11)6-9-2-4-10(12)5-3-9;1-2-3-8-4-6-9(10)7-5-8;1-4(2-5)3-6;/h5,12H,4,6H2,1-3H3;2-5,7-8,12H,6H2,1H3;4-7,10H,2-3H2,1H3;2,4,6H,3H2,1H3;1H4. The van der Waals surface area contributed by atoms with E-state index in [1.165, 1.54) is 16.7 Å². The van der Waals surface area contributed by atoms with Crippen molar-refractivity contribution in [3.8, 4) is 11.5 Å². The number of phenolic OH excluding ortho intramolecular Hbond substituents is 2. The highest BCUT2D eigenvalue weighted by atomic mass is 16.3. The summed E-state index contributed by atoms with van der Waals surface area (Å²) in [6.07, 6.45) is 7.38. The minimum atomic E-state index is -0.190. The van der Waals surface area contributed by atoms with Crippen molar-refractivity contribution < 1.29 is 30.0 Å². The maximum Gasteiger partial charge on any atom is 0.125 e. The second-order valence-electron chi connectivity index (χ2n) is 9.68. The summed E-state index contributed by atoms with van der Waals surface area (Å²) in [4.78, 5) is 24.1. The van der Waals surface area contributed by atoms with E-state index in [1.54, 1.807) is 37.4 Å². The van der Waals surface area contributed by atoms with Crippen molar-refractivity contribution in [3.05, 3.63) is 88.2 Å². The van der Waals surface area contributed by atoms with E-state index < -0.39 is 0 Å². The monoisotopic (exact) mass is 569 g/mol. The highest BCUT2D eigenvalue weighted by Crippen LogP contribution is 2.16. The van der Waals surface area contributed by atoms with Crippen LogP contribution >= 0.6 is 0 Å². The van der Waals surface area contributed by atoms with Gasteiger partial charge in [0.25, 0.3) is 0 Å². The first-order chi connectivity index (χ1) is 19.1. The van der Waals surface area contributed by atoms with E-state index in [4.69, 9.17) is 20.4 Å². The third kappa shape index (κ3) is 17.0. The molecule has 4 N–H and O–H groups in total. The SMILES string of the molecule is C.CC(C=O)CO.CC(C=O)Cc1ccc(O)cc1.CCCc1ccc(O)cc1.CCc1c(CO)cnc(C)c1C. The molecule has 0 aliphatic heterocycles. The third-order valence-corrected chi connectivity index (χ3v) is 6.04. The molecular weight excluding hydrogens is 518 g/mol. The summed E-state index contributed by atoms with van der Waals surface area (Å²) in [5, 5.41) is 35.0. The van der Waals surface area contributed by atoms with E-state index in [2.05, 4.69) is 25.8 Å². The van der Waals surface area contributed by atoms with Crippen LogP contribution in [-0.4, -0.2) is 44.6 Å². The molecule has 1 aromatic heterocycles. The zero-order valence-corrected chi connectivity index (χ0v) is 24.8. The third-order valence-electron chi connectivity index (χ3n) is 6.04. The van der Waals surface area contributed by atoms with Gasteiger partial charge in [0.05, 0.1) is 13.2 Å². The molecule has 0 saturated carbocycles. The molecule has 41 heavy (non-hydrogen) atoms. The molecule has 0 bridgehead atoms. The molecule has 0 fully saturated rings. The van der Waals surface area contributed by atoms with Crippen LogP contribution in [0.25, 0.3) is 0 Å². The Morgan fingerprint density at radius 3 is 1.66 bits per heavy atom. The number of hydrogen-bond acceptors (Lipinski definition) is 7. The van der Waals surface area contributed by atoms with Crippen LogP contribution in [0.5, 0.6) is 11.5 Å². The average molecular weight is 570 g/mol. The number of nitrogens with zero attached hydrogens (tertiary/aromatic N) is 1. The number of benzene rings is 2. The number of aromatic hydroxyl groups is 2. The van der Waals surface area contributed by atoms with Gasteiger partial charge in [-0.05, 0) is 85.2 Å². The predicted octanol–water partition coefficient (Wildman–Crippen LogP) is 6.32. The van der Waals surface area contributed by atoms with Crippen LogP contribution in [0.4, 0.5) is 0 Å². The molecule has 2 atom stereocenters. The van der Waals surface area contributed by atoms with E-state index in [0.29, 0.717) is 5.75 Å². The van der Waals surface area contributed by atoms with E-state index in [1.807, 2.05) is 38.1 Å². The molecule has 228 valence electrons. The van der Waals surface area contributed by atoms with E-state index >= 15 is 0 Å². The van der Waals surface area contributed by atoms with Crippen molar-refractivity contribution in [2.75, 3.05) is 6.61 Å². The Morgan fingerprint density at radius 2 is 1.29 bits per heavy atom. The molecule has 0 saturated heterocycles. The average Bonchev–Trinajstić information content (AvgIpc) is 2.97. The molecule has 7 heteroatoms. The highest BCUT2D eigenvalue weighted by molar-refractivity contribution is 5.53. The lowest BCUT2D eigenvalue weighted by atomic mass is 10.0. The Bertz CT molecular complexity index is 1100. The molecule has 0 aliphatic rings. The number of carbonyl (C=O) groups is 2. The summed E-state index contributed by atoms with van der Waals surface area (Å²) >= 11 is 0. The largest absolute Gasteiger partial charge is 0.508 e. The Hall–Kier alpha value is -3.55. The van der Waals surface area contributed by atoms with Crippen LogP contribution in [0.15, 0.2) is 54.7 Å². The van der Waals surface area contributed by atoms with Crippen molar-refractivity contribution in [3.63, 3.8) is 0 Å². The first-order valence-electron chi connectivity index (χ1n) is 13.7. The fraction of sp³-hybridized carbons (Fsp3) is 0.441. The fourth-order valence-electron chi connectivity index (χ4n) is 3.48. The minimum absolute atomic E-state index is 0. The van der Waals surface area contributed by atoms with Crippen molar-refractivity contribution in [2.45, 2.75) is 81.3 Å². The zero-order chi connectivity index (χ0) is 30.5. The summed E-state index contributed by atoms with van der Waals surface area (Å²) in [7, 11) is 0. The second kappa shape index (κ2) is 23.2. The van der Waals surface area contributed by atoms with Gasteiger partial charge in [0, 0.05) is 23.7 Å². The molecule has 0 radical (unpaired) electrons. The van der Waals surface area contributed by atoms with E-state index in [-0.39, 0.29) is 38.2 Å². The van der Waals surface area contributed by atoms with Gasteiger partial charge in [0.15, 0.2) is 0 Å². The Labute approximate surface area is 246 Å². The first-order valence-corrected chi connectivity index (χ1v) is 13.7. The maximum absolute atomic E-state index is 10.3. The number of carbonyl (C=O) groups excluding carboxylic acids is 2. The number of aromatic nitrogens is 1. The van der Waals surface area contributed by atoms with Crippen LogP contribution in [0.1, 0.15) is 75.1 Å². The summed E-state index contributed by atoms with van der Waals surface area (Å²) in [6, 6.07) is 14.3. The van der Waals surface area contributed by atoms with Gasteiger partial charge in [-0.3, -0.25) is 4.98 Å². The van der Waals surface area contributed by atoms with Crippen molar-refractivity contribution in [1.82, 2.24) is 4.98 Å². The van der Waals surface area contributed by atoms with Gasteiger partial charge in [-0.15, -0.1) is 0 Å². The molecule has 2 aromatic carbocycles. The fourth-order valence-corrected chi connectivity index (χ4v) is 3.48. The molecule has 0 amide bonds. The second-order valence-corrected chi connectivity index (χ2v) is 9.68. The van der Waals surface area contributed by atoms with Gasteiger partial charge < -0.3 is 30.0 Å². The molecule has 0 aliphatic carbocycles. The van der Waals surface area contributed by atoms with E-state index in [0.717, 1.165) is 55.1 Å². The van der Waals surface area contributed by atoms with Gasteiger partial charge >= 0.3 is 0 Å². The summed E-state index contributed by atoms with van der Waals surface area (Å²) in [5.74, 6) is 0.469. The van der Waals surface area contributed by atoms with Crippen LogP contribution < -0.4 is 0 Å². The van der Waals surface area contributed by atoms with Crippen LogP contribution in [0.2, 0.25) is 0 Å². The number of aryl methyl sites for hydroxylation is 2. The molecule has 3 rings (SSSR count). The Morgan fingerprint density at radius 1 is 0.805 bits per heavy atom. The molecule has 2 unspecified atom stereocenters. The highest BCUT2D eigenvalue weighted by Gasteiger charge is 2.05. The lowest BCUT2D eigenvalue weighted by Gasteiger charge is -2.09. The van der Waals surface area contributed by atoms with Crippen LogP contribution in [-0.2, 0) is 35.5 Å². The normalized spacial score (nSPS) is 11.0. The number of phenols is 2. The quantitative estimate of drug-likeness (QED) is 0.222. The van der Waals surface area contributed by atoms with Crippen LogP contribution in [0.3, 0.4) is 0 Å². The smallest absolute Gasteiger partial charge is 0.125 e. The van der Waals surface area contributed by atoms with E-state index in [9.17, 15) is 9.59 Å². The van der Waals surface area contributed by atoms with Crippen LogP contribution in [0, 0.1) is 25.7 Å². The first kappa shape index (κ1) is 39.6. The van der Waals surface area contributed by atoms with Crippen molar-refractivity contribution in [2.24, 2.45) is 11.8 Å². The number of aliphatic hydroxyl groups is 2. The van der Waals surface area contributed by atoms with Crippen molar-refractivity contribution in [1.29, 1.82) is 0 Å². The number of aldehydes is 2. The Balaban J connectivity index is 0. The molecule has 1 heterocycles. The van der Waals surface area contributed by atoms with Gasteiger partial charge in [0.1, 0.15) is 24.1 Å². The minimum Gasteiger partial charge on any atom is -0.508 e. The lowest BCUT2D eigenvalue weighted by molar-refractivity contribution is -0.112. The lowest BCUT2D eigenvalue weighted by Crippen LogP contribution is -2.00. The predicted molar refractivity (Wildman–Crippen MR) is 167 cm³/mol. The van der Waals surface area contributed by atoms with Gasteiger partial charge in [-0.1, -0.05) is 65.8 Å². The van der Waals surface area contributed by atoms with Gasteiger partial charge in [-0.2, -0.15) is 0 Å². The zero-order valence-electron chi connectivity index (χ0n) is 24.8. The number of aliphatic hydroxyl groups excluding tert-OH is 2. The number of pyridine rings is 1.